The maximum atomic E-state index is 11.9. The lowest BCUT2D eigenvalue weighted by Gasteiger charge is -2.20. The van der Waals surface area contributed by atoms with Crippen LogP contribution in [0.2, 0.25) is 0 Å². The van der Waals surface area contributed by atoms with Crippen molar-refractivity contribution in [2.75, 3.05) is 6.61 Å². The number of hydrogen-bond acceptors (Lipinski definition) is 2. The highest BCUT2D eigenvalue weighted by atomic mass is 16.5. The van der Waals surface area contributed by atoms with Crippen molar-refractivity contribution in [3.05, 3.63) is 35.4 Å². The third-order valence-electron chi connectivity index (χ3n) is 3.40. The molecular formula is C15H21NO2. The van der Waals surface area contributed by atoms with Gasteiger partial charge in [-0.25, -0.2) is 0 Å². The van der Waals surface area contributed by atoms with Crippen LogP contribution in [0.25, 0.3) is 0 Å². The Morgan fingerprint density at radius 2 is 2.17 bits per heavy atom. The topological polar surface area (TPSA) is 38.3 Å². The molecule has 1 heterocycles. The van der Waals surface area contributed by atoms with E-state index >= 15 is 0 Å². The molecule has 0 aromatic heterocycles. The Morgan fingerprint density at radius 3 is 2.78 bits per heavy atom. The minimum atomic E-state index is 0.0712. The summed E-state index contributed by atoms with van der Waals surface area (Å²) in [6.45, 7) is 4.88. The first-order valence-corrected chi connectivity index (χ1v) is 6.61. The molecule has 1 fully saturated rings. The van der Waals surface area contributed by atoms with Crippen LogP contribution in [0.3, 0.4) is 0 Å². The Balaban J connectivity index is 1.82. The first kappa shape index (κ1) is 13.1. The van der Waals surface area contributed by atoms with Gasteiger partial charge in [0.15, 0.2) is 0 Å². The van der Waals surface area contributed by atoms with E-state index in [0.717, 1.165) is 25.0 Å². The summed E-state index contributed by atoms with van der Waals surface area (Å²) in [5.41, 5.74) is 2.27. The summed E-state index contributed by atoms with van der Waals surface area (Å²) in [7, 11) is 0. The van der Waals surface area contributed by atoms with Crippen LogP contribution in [0.4, 0.5) is 0 Å². The molecule has 2 atom stereocenters. The fourth-order valence-corrected chi connectivity index (χ4v) is 2.29. The van der Waals surface area contributed by atoms with Gasteiger partial charge in [-0.15, -0.1) is 0 Å². The number of hydrogen-bond donors (Lipinski definition) is 1. The highest BCUT2D eigenvalue weighted by molar-refractivity contribution is 5.78. The zero-order chi connectivity index (χ0) is 13.0. The lowest BCUT2D eigenvalue weighted by Crippen LogP contribution is -2.41. The van der Waals surface area contributed by atoms with E-state index in [4.69, 9.17) is 4.74 Å². The molecule has 0 spiro atoms. The number of carbonyl (C=O) groups is 1. The highest BCUT2D eigenvalue weighted by Gasteiger charge is 2.23. The van der Waals surface area contributed by atoms with Crippen molar-refractivity contribution in [3.63, 3.8) is 0 Å². The second-order valence-corrected chi connectivity index (χ2v) is 5.07. The molecule has 2 unspecified atom stereocenters. The summed E-state index contributed by atoms with van der Waals surface area (Å²) in [6.07, 6.45) is 2.78. The van der Waals surface area contributed by atoms with Gasteiger partial charge in [-0.2, -0.15) is 0 Å². The van der Waals surface area contributed by atoms with E-state index in [9.17, 15) is 4.79 Å². The number of benzene rings is 1. The Hall–Kier alpha value is -1.35. The molecule has 3 nitrogen and oxygen atoms in total. The average Bonchev–Trinajstić information content (AvgIpc) is 2.85. The van der Waals surface area contributed by atoms with Crippen LogP contribution in [-0.4, -0.2) is 24.7 Å². The number of carbonyl (C=O) groups excluding carboxylic acids is 1. The zero-order valence-corrected chi connectivity index (χ0v) is 11.1. The summed E-state index contributed by atoms with van der Waals surface area (Å²) < 4.78 is 5.57. The van der Waals surface area contributed by atoms with E-state index in [1.54, 1.807) is 0 Å². The smallest absolute Gasteiger partial charge is 0.224 e. The van der Waals surface area contributed by atoms with Crippen molar-refractivity contribution < 1.29 is 9.53 Å². The molecule has 98 valence electrons. The summed E-state index contributed by atoms with van der Waals surface area (Å²) in [6, 6.07) is 8.18. The summed E-state index contributed by atoms with van der Waals surface area (Å²) in [5, 5.41) is 3.02. The molecular weight excluding hydrogens is 226 g/mol. The zero-order valence-electron chi connectivity index (χ0n) is 11.1. The molecule has 0 saturated carbocycles. The monoisotopic (exact) mass is 247 g/mol. The van der Waals surface area contributed by atoms with E-state index in [1.807, 2.05) is 38.1 Å². The van der Waals surface area contributed by atoms with Crippen LogP contribution < -0.4 is 5.32 Å². The molecule has 18 heavy (non-hydrogen) atoms. The van der Waals surface area contributed by atoms with Gasteiger partial charge in [0.2, 0.25) is 5.91 Å². The molecule has 1 aliphatic rings. The minimum Gasteiger partial charge on any atom is -0.376 e. The van der Waals surface area contributed by atoms with Gasteiger partial charge < -0.3 is 10.1 Å². The Morgan fingerprint density at radius 1 is 1.44 bits per heavy atom. The van der Waals surface area contributed by atoms with Gasteiger partial charge in [0.25, 0.3) is 0 Å². The molecule has 0 radical (unpaired) electrons. The fraction of sp³-hybridized carbons (Fsp3) is 0.533. The lowest BCUT2D eigenvalue weighted by atomic mass is 10.1. The SMILES string of the molecule is Cc1ccc(CC(=O)NC(C)C2CCCO2)cc1. The minimum absolute atomic E-state index is 0.0712. The standard InChI is InChI=1S/C15H21NO2/c1-11-5-7-13(8-6-11)10-15(17)16-12(2)14-4-3-9-18-14/h5-8,12,14H,3-4,9-10H2,1-2H3,(H,16,17). The maximum absolute atomic E-state index is 11.9. The molecule has 1 aromatic carbocycles. The molecule has 1 saturated heterocycles. The van der Waals surface area contributed by atoms with Crippen molar-refractivity contribution in [2.45, 2.75) is 45.3 Å². The van der Waals surface area contributed by atoms with Gasteiger partial charge in [-0.05, 0) is 32.3 Å². The van der Waals surface area contributed by atoms with Crippen molar-refractivity contribution in [3.8, 4) is 0 Å². The van der Waals surface area contributed by atoms with Crippen molar-refractivity contribution >= 4 is 5.91 Å². The summed E-state index contributed by atoms with van der Waals surface area (Å²) in [4.78, 5) is 11.9. The van der Waals surface area contributed by atoms with E-state index in [-0.39, 0.29) is 18.1 Å². The first-order chi connectivity index (χ1) is 8.65. The molecule has 0 aliphatic carbocycles. The lowest BCUT2D eigenvalue weighted by molar-refractivity contribution is -0.121. The van der Waals surface area contributed by atoms with Crippen molar-refractivity contribution in [2.24, 2.45) is 0 Å². The number of amides is 1. The Labute approximate surface area is 109 Å². The van der Waals surface area contributed by atoms with E-state index in [1.165, 1.54) is 5.56 Å². The van der Waals surface area contributed by atoms with E-state index < -0.39 is 0 Å². The number of rotatable bonds is 4. The molecule has 1 aliphatic heterocycles. The molecule has 1 amide bonds. The summed E-state index contributed by atoms with van der Waals surface area (Å²) in [5.74, 6) is 0.0712. The van der Waals surface area contributed by atoms with Crippen molar-refractivity contribution in [1.29, 1.82) is 0 Å². The molecule has 1 N–H and O–H groups in total. The second kappa shape index (κ2) is 6.01. The predicted octanol–water partition coefficient (Wildman–Crippen LogP) is 2.22. The van der Waals surface area contributed by atoms with Crippen LogP contribution in [0.1, 0.15) is 30.9 Å². The van der Waals surface area contributed by atoms with Crippen LogP contribution in [-0.2, 0) is 16.0 Å². The third kappa shape index (κ3) is 3.57. The van der Waals surface area contributed by atoms with Crippen LogP contribution in [0.15, 0.2) is 24.3 Å². The normalized spacial score (nSPS) is 20.7. The van der Waals surface area contributed by atoms with Gasteiger partial charge >= 0.3 is 0 Å². The fourth-order valence-electron chi connectivity index (χ4n) is 2.29. The number of ether oxygens (including phenoxy) is 1. The second-order valence-electron chi connectivity index (χ2n) is 5.07. The Kier molecular flexibility index (Phi) is 4.37. The Bertz CT molecular complexity index is 393. The van der Waals surface area contributed by atoms with Gasteiger partial charge in [0.1, 0.15) is 0 Å². The quantitative estimate of drug-likeness (QED) is 0.886. The summed E-state index contributed by atoms with van der Waals surface area (Å²) >= 11 is 0. The number of nitrogens with one attached hydrogen (secondary N) is 1. The van der Waals surface area contributed by atoms with E-state index in [0.29, 0.717) is 6.42 Å². The highest BCUT2D eigenvalue weighted by Crippen LogP contribution is 2.15. The van der Waals surface area contributed by atoms with Crippen molar-refractivity contribution in [1.82, 2.24) is 5.32 Å². The molecule has 2 rings (SSSR count). The van der Waals surface area contributed by atoms with E-state index in [2.05, 4.69) is 5.32 Å². The van der Waals surface area contributed by atoms with Gasteiger partial charge in [-0.3, -0.25) is 4.79 Å². The van der Waals surface area contributed by atoms with Gasteiger partial charge in [0.05, 0.1) is 18.6 Å². The average molecular weight is 247 g/mol. The van der Waals surface area contributed by atoms with Crippen LogP contribution >= 0.6 is 0 Å². The van der Waals surface area contributed by atoms with Gasteiger partial charge in [-0.1, -0.05) is 29.8 Å². The maximum Gasteiger partial charge on any atom is 0.224 e. The first-order valence-electron chi connectivity index (χ1n) is 6.61. The van der Waals surface area contributed by atoms with Crippen LogP contribution in [0.5, 0.6) is 0 Å². The third-order valence-corrected chi connectivity index (χ3v) is 3.40. The van der Waals surface area contributed by atoms with Crippen LogP contribution in [0, 0.1) is 6.92 Å². The molecule has 0 bridgehead atoms. The molecule has 1 aromatic rings. The van der Waals surface area contributed by atoms with Gasteiger partial charge in [0, 0.05) is 6.61 Å². The number of aryl methyl sites for hydroxylation is 1. The largest absolute Gasteiger partial charge is 0.376 e. The predicted molar refractivity (Wildman–Crippen MR) is 71.5 cm³/mol. The molecule has 3 heteroatoms.